The number of likely N-dealkylation sites (N-methyl/N-ethyl adjacent to an activating group) is 1. The van der Waals surface area contributed by atoms with E-state index in [1.165, 1.54) is 0 Å². The maximum atomic E-state index is 6.04. The van der Waals surface area contributed by atoms with Crippen LogP contribution in [0.15, 0.2) is 22.6 Å². The summed E-state index contributed by atoms with van der Waals surface area (Å²) >= 11 is 6.04. The molecule has 4 rings (SSSR count). The van der Waals surface area contributed by atoms with Crippen molar-refractivity contribution in [3.05, 3.63) is 23.2 Å². The maximum Gasteiger partial charge on any atom is 0.222 e. The van der Waals surface area contributed by atoms with Gasteiger partial charge in [-0.3, -0.25) is 0 Å². The Morgan fingerprint density at radius 3 is 3.05 bits per heavy atom. The molecule has 0 bridgehead atoms. The third kappa shape index (κ3) is 2.07. The summed E-state index contributed by atoms with van der Waals surface area (Å²) in [7, 11) is 1.97. The van der Waals surface area contributed by atoms with Gasteiger partial charge < -0.3 is 20.4 Å². The van der Waals surface area contributed by atoms with Crippen molar-refractivity contribution in [2.24, 2.45) is 0 Å². The molecule has 1 atom stereocenters. The highest BCUT2D eigenvalue weighted by molar-refractivity contribution is 6.31. The van der Waals surface area contributed by atoms with E-state index in [0.29, 0.717) is 22.2 Å². The Morgan fingerprint density at radius 1 is 1.41 bits per heavy atom. The first kappa shape index (κ1) is 13.6. The van der Waals surface area contributed by atoms with Gasteiger partial charge in [0.25, 0.3) is 0 Å². The zero-order valence-electron chi connectivity index (χ0n) is 12.1. The number of aromatic nitrogens is 2. The molecule has 0 unspecified atom stereocenters. The molecule has 0 spiro atoms. The molecule has 1 aromatic carbocycles. The highest BCUT2D eigenvalue weighted by Gasteiger charge is 2.26. The number of nitrogens with two attached hydrogens (primary N) is 1. The molecule has 1 saturated heterocycles. The first-order valence-electron chi connectivity index (χ1n) is 7.23. The van der Waals surface area contributed by atoms with E-state index >= 15 is 0 Å². The second-order valence-electron chi connectivity index (χ2n) is 5.55. The average Bonchev–Trinajstić information content (AvgIpc) is 3.10. The van der Waals surface area contributed by atoms with E-state index in [9.17, 15) is 0 Å². The number of nitrogen functional groups attached to an aromatic ring is 1. The van der Waals surface area contributed by atoms with E-state index in [4.69, 9.17) is 21.8 Å². The Hall–Kier alpha value is -2.05. The number of halogens is 1. The van der Waals surface area contributed by atoms with Crippen LogP contribution < -0.4 is 16.0 Å². The Kier molecular flexibility index (Phi) is 3.09. The van der Waals surface area contributed by atoms with Crippen LogP contribution >= 0.6 is 11.6 Å². The lowest BCUT2D eigenvalue weighted by atomic mass is 10.2. The van der Waals surface area contributed by atoms with Crippen LogP contribution in [0.5, 0.6) is 0 Å². The van der Waals surface area contributed by atoms with Crippen LogP contribution in [0.4, 0.5) is 11.8 Å². The molecule has 1 fully saturated rings. The van der Waals surface area contributed by atoms with Crippen LogP contribution in [0.1, 0.15) is 6.42 Å². The molecule has 6 nitrogen and oxygen atoms in total. The van der Waals surface area contributed by atoms with Gasteiger partial charge in [0.15, 0.2) is 11.4 Å². The van der Waals surface area contributed by atoms with Crippen LogP contribution in [-0.4, -0.2) is 36.1 Å². The summed E-state index contributed by atoms with van der Waals surface area (Å²) in [5.74, 6) is 1.01. The number of furan rings is 1. The number of hydrogen-bond acceptors (Lipinski definition) is 6. The van der Waals surface area contributed by atoms with Crippen LogP contribution in [0.3, 0.4) is 0 Å². The fraction of sp³-hybridized carbons (Fsp3) is 0.333. The minimum Gasteiger partial charge on any atom is -0.450 e. The molecule has 3 N–H and O–H groups in total. The smallest absolute Gasteiger partial charge is 0.222 e. The van der Waals surface area contributed by atoms with Crippen LogP contribution in [-0.2, 0) is 0 Å². The summed E-state index contributed by atoms with van der Waals surface area (Å²) < 4.78 is 5.97. The van der Waals surface area contributed by atoms with Crippen molar-refractivity contribution in [3.8, 4) is 0 Å². The lowest BCUT2D eigenvalue weighted by Crippen LogP contribution is -2.30. The molecule has 3 aromatic rings. The molecule has 0 saturated carbocycles. The zero-order chi connectivity index (χ0) is 15.3. The fourth-order valence-corrected chi connectivity index (χ4v) is 3.18. The molecule has 3 heterocycles. The van der Waals surface area contributed by atoms with E-state index in [2.05, 4.69) is 20.2 Å². The topological polar surface area (TPSA) is 80.2 Å². The molecule has 2 aromatic heterocycles. The number of nitrogens with one attached hydrogen (secondary N) is 1. The molecule has 22 heavy (non-hydrogen) atoms. The summed E-state index contributed by atoms with van der Waals surface area (Å²) in [5, 5.41) is 4.83. The Morgan fingerprint density at radius 2 is 2.27 bits per heavy atom. The van der Waals surface area contributed by atoms with Crippen molar-refractivity contribution in [2.45, 2.75) is 12.5 Å². The van der Waals surface area contributed by atoms with Gasteiger partial charge in [-0.25, -0.2) is 4.98 Å². The fourth-order valence-electron chi connectivity index (χ4n) is 3.02. The zero-order valence-corrected chi connectivity index (χ0v) is 12.9. The van der Waals surface area contributed by atoms with Gasteiger partial charge in [0, 0.05) is 35.6 Å². The van der Waals surface area contributed by atoms with E-state index in [-0.39, 0.29) is 5.95 Å². The number of hydrogen-bond donors (Lipinski definition) is 2. The summed E-state index contributed by atoms with van der Waals surface area (Å²) in [6.07, 6.45) is 1.06. The molecular weight excluding hydrogens is 302 g/mol. The first-order valence-corrected chi connectivity index (χ1v) is 7.61. The number of fused-ring (bicyclic) bond motifs is 3. The summed E-state index contributed by atoms with van der Waals surface area (Å²) in [6, 6.07) is 5.97. The second kappa shape index (κ2) is 5.00. The monoisotopic (exact) mass is 317 g/mol. The van der Waals surface area contributed by atoms with Crippen molar-refractivity contribution in [1.82, 2.24) is 15.3 Å². The summed E-state index contributed by atoms with van der Waals surface area (Å²) in [5.41, 5.74) is 8.02. The predicted molar refractivity (Wildman–Crippen MR) is 88.4 cm³/mol. The van der Waals surface area contributed by atoms with Gasteiger partial charge in [-0.2, -0.15) is 4.98 Å². The third-order valence-electron chi connectivity index (χ3n) is 4.17. The molecule has 1 aliphatic heterocycles. The molecule has 114 valence electrons. The lowest BCUT2D eigenvalue weighted by molar-refractivity contribution is 0.615. The van der Waals surface area contributed by atoms with Gasteiger partial charge >= 0.3 is 0 Å². The van der Waals surface area contributed by atoms with Gasteiger partial charge in [-0.15, -0.1) is 0 Å². The van der Waals surface area contributed by atoms with Gasteiger partial charge in [0.05, 0.1) is 0 Å². The summed E-state index contributed by atoms with van der Waals surface area (Å²) in [4.78, 5) is 10.9. The van der Waals surface area contributed by atoms with Crippen molar-refractivity contribution in [1.29, 1.82) is 0 Å². The van der Waals surface area contributed by atoms with Crippen molar-refractivity contribution in [3.63, 3.8) is 0 Å². The maximum absolute atomic E-state index is 6.04. The standard InChI is InChI=1S/C15H16ClN5O/c1-18-9-4-5-21(7-9)14-13-12(19-15(17)20-14)10-3-2-8(16)6-11(10)22-13/h2-3,6,9,18H,4-5,7H2,1H3,(H2,17,19,20)/t9-/m1/s1. The van der Waals surface area contributed by atoms with Crippen molar-refractivity contribution < 1.29 is 4.42 Å². The van der Waals surface area contributed by atoms with Gasteiger partial charge in [0.2, 0.25) is 5.95 Å². The average molecular weight is 318 g/mol. The van der Waals surface area contributed by atoms with Crippen LogP contribution in [0, 0.1) is 0 Å². The number of benzene rings is 1. The highest BCUT2D eigenvalue weighted by Crippen LogP contribution is 2.35. The van der Waals surface area contributed by atoms with Gasteiger partial charge in [-0.1, -0.05) is 11.6 Å². The second-order valence-corrected chi connectivity index (χ2v) is 5.98. The largest absolute Gasteiger partial charge is 0.450 e. The van der Waals surface area contributed by atoms with Crippen molar-refractivity contribution in [2.75, 3.05) is 30.8 Å². The lowest BCUT2D eigenvalue weighted by Gasteiger charge is -2.17. The molecular formula is C15H16ClN5O. The first-order chi connectivity index (χ1) is 10.7. The number of nitrogens with zero attached hydrogens (tertiary/aromatic N) is 3. The number of anilines is 2. The highest BCUT2D eigenvalue weighted by atomic mass is 35.5. The van der Waals surface area contributed by atoms with E-state index in [1.54, 1.807) is 6.07 Å². The van der Waals surface area contributed by atoms with Crippen LogP contribution in [0.2, 0.25) is 5.02 Å². The normalized spacial score (nSPS) is 18.6. The van der Waals surface area contributed by atoms with Crippen LogP contribution in [0.25, 0.3) is 22.1 Å². The number of rotatable bonds is 2. The minimum absolute atomic E-state index is 0.257. The Balaban J connectivity index is 1.92. The van der Waals surface area contributed by atoms with E-state index < -0.39 is 0 Å². The molecule has 1 aliphatic rings. The molecule has 0 radical (unpaired) electrons. The molecule has 0 amide bonds. The van der Waals surface area contributed by atoms with Gasteiger partial charge in [0.1, 0.15) is 11.1 Å². The SMILES string of the molecule is CN[C@@H]1CCN(c2nc(N)nc3c2oc2cc(Cl)ccc23)C1. The molecule has 7 heteroatoms. The van der Waals surface area contributed by atoms with Crippen molar-refractivity contribution >= 4 is 45.4 Å². The quantitative estimate of drug-likeness (QED) is 0.755. The summed E-state index contributed by atoms with van der Waals surface area (Å²) in [6.45, 7) is 1.79. The Bertz CT molecular complexity index is 862. The van der Waals surface area contributed by atoms with E-state index in [0.717, 1.165) is 36.2 Å². The predicted octanol–water partition coefficient (Wildman–Crippen LogP) is 2.41. The van der Waals surface area contributed by atoms with E-state index in [1.807, 2.05) is 19.2 Å². The third-order valence-corrected chi connectivity index (χ3v) is 4.41. The Labute approximate surface area is 132 Å². The molecule has 0 aliphatic carbocycles. The van der Waals surface area contributed by atoms with Gasteiger partial charge in [-0.05, 0) is 25.6 Å². The minimum atomic E-state index is 0.257.